The number of fused-ring (bicyclic) bond motifs is 1. The van der Waals surface area contributed by atoms with E-state index in [1.807, 2.05) is 0 Å². The van der Waals surface area contributed by atoms with Crippen molar-refractivity contribution in [1.29, 1.82) is 0 Å². The standard InChI is InChI=1S/C16H21N/c1-3-7-15(4-2)17-16-11-10-13-8-5-6-9-14(13)12-16/h2,5-6,8-9,15-17H,3,7,10-12H2,1H3. The average molecular weight is 227 g/mol. The van der Waals surface area contributed by atoms with Gasteiger partial charge in [0.15, 0.2) is 0 Å². The van der Waals surface area contributed by atoms with Crippen molar-refractivity contribution in [1.82, 2.24) is 5.32 Å². The maximum Gasteiger partial charge on any atom is 0.0689 e. The van der Waals surface area contributed by atoms with Gasteiger partial charge in [-0.05, 0) is 36.8 Å². The normalized spacial score (nSPS) is 20.4. The highest BCUT2D eigenvalue weighted by Crippen LogP contribution is 2.21. The molecule has 0 bridgehead atoms. The summed E-state index contributed by atoms with van der Waals surface area (Å²) in [6, 6.07) is 9.55. The van der Waals surface area contributed by atoms with Crippen molar-refractivity contribution in [3.8, 4) is 12.3 Å². The molecule has 1 aliphatic carbocycles. The molecule has 0 amide bonds. The van der Waals surface area contributed by atoms with Crippen molar-refractivity contribution < 1.29 is 0 Å². The molecule has 0 spiro atoms. The molecule has 1 nitrogen and oxygen atoms in total. The molecule has 1 aliphatic rings. The highest BCUT2D eigenvalue weighted by atomic mass is 14.9. The van der Waals surface area contributed by atoms with Crippen LogP contribution in [0.3, 0.4) is 0 Å². The Morgan fingerprint density at radius 1 is 1.41 bits per heavy atom. The minimum atomic E-state index is 0.246. The summed E-state index contributed by atoms with van der Waals surface area (Å²) in [5.74, 6) is 2.86. The fourth-order valence-corrected chi connectivity index (χ4v) is 2.63. The van der Waals surface area contributed by atoms with Crippen LogP contribution in [-0.4, -0.2) is 12.1 Å². The molecule has 0 heterocycles. The van der Waals surface area contributed by atoms with Crippen molar-refractivity contribution in [3.63, 3.8) is 0 Å². The van der Waals surface area contributed by atoms with Gasteiger partial charge in [0, 0.05) is 6.04 Å². The SMILES string of the molecule is C#CC(CCC)NC1CCc2ccccc2C1. The predicted octanol–water partition coefficient (Wildman–Crippen LogP) is 2.94. The maximum absolute atomic E-state index is 5.56. The number of aryl methyl sites for hydroxylation is 1. The number of terminal acetylenes is 1. The van der Waals surface area contributed by atoms with Gasteiger partial charge in [0.1, 0.15) is 0 Å². The van der Waals surface area contributed by atoms with Crippen molar-refractivity contribution >= 4 is 0 Å². The molecule has 0 aliphatic heterocycles. The molecule has 2 atom stereocenters. The second-order valence-electron chi connectivity index (χ2n) is 4.88. The predicted molar refractivity (Wildman–Crippen MR) is 72.9 cm³/mol. The van der Waals surface area contributed by atoms with Gasteiger partial charge in [-0.15, -0.1) is 6.42 Å². The molecule has 1 N–H and O–H groups in total. The van der Waals surface area contributed by atoms with Crippen LogP contribution in [0.25, 0.3) is 0 Å². The van der Waals surface area contributed by atoms with Gasteiger partial charge >= 0.3 is 0 Å². The fraction of sp³-hybridized carbons (Fsp3) is 0.500. The minimum Gasteiger partial charge on any atom is -0.301 e. The van der Waals surface area contributed by atoms with Crippen molar-refractivity contribution in [2.24, 2.45) is 0 Å². The van der Waals surface area contributed by atoms with E-state index in [1.54, 1.807) is 0 Å². The number of rotatable bonds is 4. The third-order valence-electron chi connectivity index (χ3n) is 3.56. The Morgan fingerprint density at radius 2 is 2.18 bits per heavy atom. The molecular weight excluding hydrogens is 206 g/mol. The van der Waals surface area contributed by atoms with Gasteiger partial charge in [0.05, 0.1) is 6.04 Å². The van der Waals surface area contributed by atoms with Crippen molar-refractivity contribution in [2.45, 2.75) is 51.1 Å². The van der Waals surface area contributed by atoms with Crippen LogP contribution in [-0.2, 0) is 12.8 Å². The van der Waals surface area contributed by atoms with Gasteiger partial charge in [-0.2, -0.15) is 0 Å². The summed E-state index contributed by atoms with van der Waals surface area (Å²) in [7, 11) is 0. The van der Waals surface area contributed by atoms with E-state index in [2.05, 4.69) is 42.4 Å². The molecule has 1 heteroatoms. The molecule has 2 rings (SSSR count). The Morgan fingerprint density at radius 3 is 2.88 bits per heavy atom. The van der Waals surface area contributed by atoms with Gasteiger partial charge in [0.2, 0.25) is 0 Å². The van der Waals surface area contributed by atoms with Crippen LogP contribution in [0, 0.1) is 12.3 Å². The molecule has 0 saturated carbocycles. The first-order valence-electron chi connectivity index (χ1n) is 6.62. The highest BCUT2D eigenvalue weighted by Gasteiger charge is 2.19. The van der Waals surface area contributed by atoms with Gasteiger partial charge in [0.25, 0.3) is 0 Å². The molecule has 17 heavy (non-hydrogen) atoms. The van der Waals surface area contributed by atoms with Crippen molar-refractivity contribution in [2.75, 3.05) is 0 Å². The summed E-state index contributed by atoms with van der Waals surface area (Å²) in [5, 5.41) is 3.61. The van der Waals surface area contributed by atoms with E-state index in [4.69, 9.17) is 6.42 Å². The lowest BCUT2D eigenvalue weighted by molar-refractivity contribution is 0.418. The summed E-state index contributed by atoms with van der Waals surface area (Å²) in [6.07, 6.45) is 11.3. The minimum absolute atomic E-state index is 0.246. The smallest absolute Gasteiger partial charge is 0.0689 e. The summed E-state index contributed by atoms with van der Waals surface area (Å²) >= 11 is 0. The number of benzene rings is 1. The van der Waals surface area contributed by atoms with E-state index < -0.39 is 0 Å². The molecule has 0 saturated heterocycles. The largest absolute Gasteiger partial charge is 0.301 e. The first kappa shape index (κ1) is 12.2. The quantitative estimate of drug-likeness (QED) is 0.780. The summed E-state index contributed by atoms with van der Waals surface area (Å²) in [4.78, 5) is 0. The lowest BCUT2D eigenvalue weighted by Crippen LogP contribution is -2.40. The number of nitrogens with one attached hydrogen (secondary N) is 1. The van der Waals surface area contributed by atoms with E-state index in [9.17, 15) is 0 Å². The third-order valence-corrected chi connectivity index (χ3v) is 3.56. The number of hydrogen-bond acceptors (Lipinski definition) is 1. The van der Waals surface area contributed by atoms with E-state index in [-0.39, 0.29) is 6.04 Å². The highest BCUT2D eigenvalue weighted by molar-refractivity contribution is 5.30. The Labute approximate surface area is 105 Å². The van der Waals surface area contributed by atoms with Crippen LogP contribution in [0.4, 0.5) is 0 Å². The molecule has 0 aromatic heterocycles. The average Bonchev–Trinajstić information content (AvgIpc) is 2.38. The lowest BCUT2D eigenvalue weighted by Gasteiger charge is -2.28. The lowest BCUT2D eigenvalue weighted by atomic mass is 9.88. The van der Waals surface area contributed by atoms with Crippen LogP contribution in [0.1, 0.15) is 37.3 Å². The fourth-order valence-electron chi connectivity index (χ4n) is 2.63. The Hall–Kier alpha value is -1.26. The summed E-state index contributed by atoms with van der Waals surface area (Å²) in [5.41, 5.74) is 3.00. The summed E-state index contributed by atoms with van der Waals surface area (Å²) in [6.45, 7) is 2.18. The van der Waals surface area contributed by atoms with Crippen LogP contribution >= 0.6 is 0 Å². The molecule has 90 valence electrons. The Bertz CT molecular complexity index is 402. The topological polar surface area (TPSA) is 12.0 Å². The van der Waals surface area contributed by atoms with E-state index in [0.717, 1.165) is 19.3 Å². The maximum atomic E-state index is 5.56. The molecule has 0 radical (unpaired) electrons. The van der Waals surface area contributed by atoms with Crippen LogP contribution < -0.4 is 5.32 Å². The summed E-state index contributed by atoms with van der Waals surface area (Å²) < 4.78 is 0. The second kappa shape index (κ2) is 5.89. The zero-order chi connectivity index (χ0) is 12.1. The van der Waals surface area contributed by atoms with Crippen LogP contribution in [0.5, 0.6) is 0 Å². The molecule has 1 aromatic carbocycles. The van der Waals surface area contributed by atoms with Gasteiger partial charge in [-0.1, -0.05) is 43.5 Å². The Kier molecular flexibility index (Phi) is 4.23. The second-order valence-corrected chi connectivity index (χ2v) is 4.88. The molecular formula is C16H21N. The van der Waals surface area contributed by atoms with Gasteiger partial charge in [-0.25, -0.2) is 0 Å². The van der Waals surface area contributed by atoms with Crippen LogP contribution in [0.2, 0.25) is 0 Å². The number of hydrogen-bond donors (Lipinski definition) is 1. The first-order valence-corrected chi connectivity index (χ1v) is 6.62. The monoisotopic (exact) mass is 227 g/mol. The zero-order valence-electron chi connectivity index (χ0n) is 10.6. The first-order chi connectivity index (χ1) is 8.33. The zero-order valence-corrected chi connectivity index (χ0v) is 10.6. The van der Waals surface area contributed by atoms with E-state index in [1.165, 1.54) is 24.0 Å². The molecule has 1 aromatic rings. The molecule has 0 fully saturated rings. The van der Waals surface area contributed by atoms with E-state index >= 15 is 0 Å². The van der Waals surface area contributed by atoms with Gasteiger partial charge < -0.3 is 5.32 Å². The van der Waals surface area contributed by atoms with Crippen LogP contribution in [0.15, 0.2) is 24.3 Å². The van der Waals surface area contributed by atoms with Crippen molar-refractivity contribution in [3.05, 3.63) is 35.4 Å². The third kappa shape index (κ3) is 3.11. The Balaban J connectivity index is 1.96. The molecule has 2 unspecified atom stereocenters. The van der Waals surface area contributed by atoms with Gasteiger partial charge in [-0.3, -0.25) is 0 Å². The van der Waals surface area contributed by atoms with E-state index in [0.29, 0.717) is 6.04 Å².